The van der Waals surface area contributed by atoms with Gasteiger partial charge in [0.1, 0.15) is 0 Å². The summed E-state index contributed by atoms with van der Waals surface area (Å²) in [5, 5.41) is 7.86. The standard InChI is InChI=1S/C3H6O2S.CHOS/c4-3(5)1-2-6;2-1-3/h6H,1-2H2,(H,4,5);(H,2,3). The van der Waals surface area contributed by atoms with Gasteiger partial charge in [-0.15, -0.1) is 0 Å². The molecule has 0 spiro atoms. The maximum Gasteiger partial charge on any atom is 0.304 e. The van der Waals surface area contributed by atoms with Crippen LogP contribution in [0.4, 0.5) is 0 Å². The lowest BCUT2D eigenvalue weighted by atomic mass is 10.5. The van der Waals surface area contributed by atoms with E-state index in [1.54, 1.807) is 0 Å². The lowest BCUT2D eigenvalue weighted by molar-refractivity contribution is -0.136. The minimum Gasteiger partial charge on any atom is -0.481 e. The maximum atomic E-state index is 9.55. The number of rotatable bonds is 2. The normalized spacial score (nSPS) is 6.89. The Hall–Kier alpha value is -0.160. The summed E-state index contributed by atoms with van der Waals surface area (Å²) in [7, 11) is 0. The topological polar surface area (TPSA) is 54.4 Å². The van der Waals surface area contributed by atoms with E-state index in [0.29, 0.717) is 5.75 Å². The highest BCUT2D eigenvalue weighted by Gasteiger charge is 1.88. The van der Waals surface area contributed by atoms with E-state index in [1.807, 2.05) is 0 Å². The minimum absolute atomic E-state index is 0.156. The lowest BCUT2D eigenvalue weighted by Gasteiger charge is -1.79. The van der Waals surface area contributed by atoms with Crippen molar-refractivity contribution in [1.29, 1.82) is 0 Å². The first-order chi connectivity index (χ1) is 4.18. The van der Waals surface area contributed by atoms with Gasteiger partial charge in [-0.1, -0.05) is 12.6 Å². The summed E-state index contributed by atoms with van der Waals surface area (Å²) in [6.45, 7) is 0. The van der Waals surface area contributed by atoms with Gasteiger partial charge < -0.3 is 5.11 Å². The molecule has 0 rings (SSSR count). The summed E-state index contributed by atoms with van der Waals surface area (Å²) in [5.41, 5.74) is 1.19. The third-order valence-corrected chi connectivity index (χ3v) is 0.549. The van der Waals surface area contributed by atoms with Crippen molar-refractivity contribution in [1.82, 2.24) is 0 Å². The second kappa shape index (κ2) is 10.8. The van der Waals surface area contributed by atoms with Gasteiger partial charge in [-0.25, -0.2) is 0 Å². The van der Waals surface area contributed by atoms with Gasteiger partial charge in [0.05, 0.1) is 6.42 Å². The molecule has 0 unspecified atom stereocenters. The largest absolute Gasteiger partial charge is 0.481 e. The maximum absolute atomic E-state index is 9.55. The Morgan fingerprint density at radius 2 is 2.00 bits per heavy atom. The van der Waals surface area contributed by atoms with E-state index in [2.05, 4.69) is 25.3 Å². The van der Waals surface area contributed by atoms with Crippen LogP contribution in [0, 0.1) is 0 Å². The predicted octanol–water partition coefficient (Wildman–Crippen LogP) is 0.374. The van der Waals surface area contributed by atoms with Crippen LogP contribution in [0.3, 0.4) is 0 Å². The number of hydrogen-bond donors (Lipinski definition) is 3. The van der Waals surface area contributed by atoms with E-state index in [-0.39, 0.29) is 6.42 Å². The average molecular weight is 167 g/mol. The van der Waals surface area contributed by atoms with E-state index < -0.39 is 5.97 Å². The molecule has 0 atom stereocenters. The Bertz CT molecular complexity index is 83.9. The van der Waals surface area contributed by atoms with E-state index in [4.69, 9.17) is 9.90 Å². The fraction of sp³-hybridized carbons (Fsp3) is 0.500. The van der Waals surface area contributed by atoms with Crippen LogP contribution in [-0.4, -0.2) is 22.4 Å². The van der Waals surface area contributed by atoms with E-state index in [9.17, 15) is 4.79 Å². The highest BCUT2D eigenvalue weighted by molar-refractivity contribution is 7.94. The van der Waals surface area contributed by atoms with Crippen molar-refractivity contribution in [3.63, 3.8) is 0 Å². The van der Waals surface area contributed by atoms with Crippen molar-refractivity contribution in [2.75, 3.05) is 5.75 Å². The van der Waals surface area contributed by atoms with E-state index >= 15 is 0 Å². The number of carboxylic acid groups (broad SMARTS) is 1. The third-order valence-electron chi connectivity index (χ3n) is 0.326. The smallest absolute Gasteiger partial charge is 0.304 e. The molecule has 53 valence electrons. The number of carbonyl (C=O) groups excluding carboxylic acids is 1. The second-order valence-corrected chi connectivity index (χ2v) is 1.59. The Labute approximate surface area is 64.3 Å². The molecule has 0 fully saturated rings. The van der Waals surface area contributed by atoms with Gasteiger partial charge in [0.2, 0.25) is 0 Å². The zero-order chi connectivity index (χ0) is 7.70. The van der Waals surface area contributed by atoms with Crippen molar-refractivity contribution in [2.24, 2.45) is 0 Å². The Morgan fingerprint density at radius 3 is 2.00 bits per heavy atom. The molecule has 0 heterocycles. The number of aliphatic carboxylic acids is 1. The molecule has 0 amide bonds. The minimum atomic E-state index is -0.787. The number of thiol groups is 2. The van der Waals surface area contributed by atoms with E-state index in [0.717, 1.165) is 0 Å². The van der Waals surface area contributed by atoms with Crippen LogP contribution in [0.2, 0.25) is 0 Å². The number of carboxylic acids is 1. The fourth-order valence-electron chi connectivity index (χ4n) is 0.0956. The van der Waals surface area contributed by atoms with Crippen molar-refractivity contribution < 1.29 is 14.7 Å². The predicted molar refractivity (Wildman–Crippen MR) is 40.8 cm³/mol. The van der Waals surface area contributed by atoms with Gasteiger partial charge in [0.15, 0.2) is 0 Å². The molecule has 0 aromatic heterocycles. The molecule has 0 aromatic rings. The van der Waals surface area contributed by atoms with Gasteiger partial charge in [-0.2, -0.15) is 12.6 Å². The molecule has 3 nitrogen and oxygen atoms in total. The molecule has 0 aliphatic heterocycles. The summed E-state index contributed by atoms with van der Waals surface area (Å²) >= 11 is 6.66. The molecule has 0 aliphatic rings. The van der Waals surface area contributed by atoms with E-state index in [1.165, 1.54) is 5.62 Å². The molecule has 9 heavy (non-hydrogen) atoms. The van der Waals surface area contributed by atoms with Gasteiger partial charge in [0.25, 0.3) is 5.62 Å². The monoisotopic (exact) mass is 167 g/mol. The fourth-order valence-corrected chi connectivity index (χ4v) is 0.287. The van der Waals surface area contributed by atoms with Crippen LogP contribution in [0.1, 0.15) is 6.42 Å². The van der Waals surface area contributed by atoms with Gasteiger partial charge in [-0.05, 0) is 0 Å². The van der Waals surface area contributed by atoms with Crippen LogP contribution < -0.4 is 0 Å². The molecule has 1 radical (unpaired) electrons. The average Bonchev–Trinajstić information content (AvgIpc) is 1.67. The van der Waals surface area contributed by atoms with Crippen LogP contribution in [0.25, 0.3) is 0 Å². The zero-order valence-electron chi connectivity index (χ0n) is 4.57. The Morgan fingerprint density at radius 1 is 1.67 bits per heavy atom. The molecule has 0 aromatic carbocycles. The summed E-state index contributed by atoms with van der Waals surface area (Å²) in [5.74, 6) is -0.361. The zero-order valence-corrected chi connectivity index (χ0v) is 6.36. The van der Waals surface area contributed by atoms with Gasteiger partial charge in [-0.3, -0.25) is 9.59 Å². The quantitative estimate of drug-likeness (QED) is 0.521. The molecular weight excluding hydrogens is 160 g/mol. The van der Waals surface area contributed by atoms with Crippen molar-refractivity contribution in [3.8, 4) is 0 Å². The molecule has 5 heteroatoms. The molecule has 0 saturated heterocycles. The molecular formula is C4H7O3S2. The van der Waals surface area contributed by atoms with Crippen LogP contribution in [0.15, 0.2) is 0 Å². The Kier molecular flexibility index (Phi) is 13.9. The summed E-state index contributed by atoms with van der Waals surface area (Å²) in [6.07, 6.45) is 0.156. The molecule has 0 bridgehead atoms. The molecule has 0 saturated carbocycles. The lowest BCUT2D eigenvalue weighted by Crippen LogP contribution is -1.93. The van der Waals surface area contributed by atoms with Crippen LogP contribution >= 0.6 is 25.3 Å². The van der Waals surface area contributed by atoms with Crippen molar-refractivity contribution in [3.05, 3.63) is 0 Å². The number of carbonyl (C=O) groups is 1. The summed E-state index contributed by atoms with van der Waals surface area (Å²) in [4.78, 5) is 18.1. The SMILES string of the molecule is O=C(O)CCS.O=[C]S. The van der Waals surface area contributed by atoms with Crippen molar-refractivity contribution in [2.45, 2.75) is 6.42 Å². The first-order valence-corrected chi connectivity index (χ1v) is 3.10. The Balaban J connectivity index is 0. The summed E-state index contributed by atoms with van der Waals surface area (Å²) < 4.78 is 0. The van der Waals surface area contributed by atoms with Gasteiger partial charge >= 0.3 is 5.97 Å². The first-order valence-electron chi connectivity index (χ1n) is 2.03. The summed E-state index contributed by atoms with van der Waals surface area (Å²) in [6, 6.07) is 0. The third kappa shape index (κ3) is 33.2. The number of hydrogen-bond acceptors (Lipinski definition) is 3. The van der Waals surface area contributed by atoms with Crippen LogP contribution in [0.5, 0.6) is 0 Å². The first kappa shape index (κ1) is 11.6. The van der Waals surface area contributed by atoms with Gasteiger partial charge in [0, 0.05) is 5.75 Å². The molecule has 1 N–H and O–H groups in total. The van der Waals surface area contributed by atoms with Crippen molar-refractivity contribution >= 4 is 36.8 Å². The second-order valence-electron chi connectivity index (χ2n) is 0.959. The highest BCUT2D eigenvalue weighted by atomic mass is 32.1. The van der Waals surface area contributed by atoms with Crippen LogP contribution in [-0.2, 0) is 9.59 Å². The molecule has 0 aliphatic carbocycles. The highest BCUT2D eigenvalue weighted by Crippen LogP contribution is 1.79.